The fraction of sp³-hybridized carbons (Fsp3) is 0.300. The quantitative estimate of drug-likeness (QED) is 0.652. The molecule has 1 aromatic carbocycles. The lowest BCUT2D eigenvalue weighted by molar-refractivity contribution is -0.125. The van der Waals surface area contributed by atoms with E-state index in [2.05, 4.69) is 5.73 Å². The van der Waals surface area contributed by atoms with Crippen LogP contribution in [0.4, 0.5) is 0 Å². The van der Waals surface area contributed by atoms with Gasteiger partial charge in [-0.15, -0.1) is 0 Å². The molecule has 4 N–H and O–H groups in total. The van der Waals surface area contributed by atoms with Crippen molar-refractivity contribution in [1.82, 2.24) is 0 Å². The second-order valence-corrected chi connectivity index (χ2v) is 4.79. The molecule has 0 heterocycles. The Morgan fingerprint density at radius 1 is 1.29 bits per heavy atom. The average molecular weight is 261 g/mol. The molecule has 0 saturated carbocycles. The van der Waals surface area contributed by atoms with Crippen LogP contribution in [0, 0.1) is 6.92 Å². The molecule has 0 bridgehead atoms. The molecular formula is C10H15NO5S. The Labute approximate surface area is 99.8 Å². The van der Waals surface area contributed by atoms with Gasteiger partial charge in [-0.3, -0.25) is 9.35 Å². The van der Waals surface area contributed by atoms with Crippen LogP contribution in [0.2, 0.25) is 0 Å². The maximum absolute atomic E-state index is 10.5. The number of carbonyl (C=O) groups excluding carboxylic acids is 1. The number of rotatable bonds is 2. The summed E-state index contributed by atoms with van der Waals surface area (Å²) in [6, 6.07) is 5.99. The highest BCUT2D eigenvalue weighted by Gasteiger charge is 2.06. The molecule has 1 rings (SSSR count). The minimum atomic E-state index is -4.02. The molecule has 1 amide bonds. The van der Waals surface area contributed by atoms with E-state index < -0.39 is 22.1 Å². The number of aliphatic hydroxyl groups excluding tert-OH is 1. The van der Waals surface area contributed by atoms with Crippen molar-refractivity contribution in [2.75, 3.05) is 0 Å². The first kappa shape index (κ1) is 15.6. The molecule has 0 spiro atoms. The second kappa shape index (κ2) is 6.33. The number of aliphatic hydroxyl groups is 1. The number of aryl methyl sites for hydroxylation is 1. The molecule has 0 aromatic heterocycles. The van der Waals surface area contributed by atoms with Crippen molar-refractivity contribution in [3.63, 3.8) is 0 Å². The Kier molecular flexibility index (Phi) is 5.80. The summed E-state index contributed by atoms with van der Waals surface area (Å²) >= 11 is 0. The van der Waals surface area contributed by atoms with Gasteiger partial charge in [-0.1, -0.05) is 17.7 Å². The van der Waals surface area contributed by atoms with Crippen LogP contribution in [-0.4, -0.2) is 30.1 Å². The molecule has 6 nitrogen and oxygen atoms in total. The summed E-state index contributed by atoms with van der Waals surface area (Å²) in [5.41, 5.74) is 5.50. The van der Waals surface area contributed by atoms with Crippen molar-refractivity contribution in [2.45, 2.75) is 24.8 Å². The first-order valence-corrected chi connectivity index (χ1v) is 6.10. The van der Waals surface area contributed by atoms with Gasteiger partial charge in [0, 0.05) is 0 Å². The fourth-order valence-electron chi connectivity index (χ4n) is 0.710. The van der Waals surface area contributed by atoms with Gasteiger partial charge in [-0.05, 0) is 26.0 Å². The summed E-state index contributed by atoms with van der Waals surface area (Å²) < 4.78 is 29.6. The summed E-state index contributed by atoms with van der Waals surface area (Å²) in [4.78, 5) is 9.60. The lowest BCUT2D eigenvalue weighted by Gasteiger charge is -1.95. The van der Waals surface area contributed by atoms with Crippen LogP contribution < -0.4 is 5.73 Å². The minimum Gasteiger partial charge on any atom is -0.384 e. The summed E-state index contributed by atoms with van der Waals surface area (Å²) in [6.45, 7) is 3.16. The highest BCUT2D eigenvalue weighted by atomic mass is 32.2. The van der Waals surface area contributed by atoms with Crippen molar-refractivity contribution in [2.24, 2.45) is 5.73 Å². The molecule has 0 fully saturated rings. The molecule has 17 heavy (non-hydrogen) atoms. The number of hydrogen-bond acceptors (Lipinski definition) is 4. The fourth-order valence-corrected chi connectivity index (χ4v) is 1.19. The summed E-state index contributed by atoms with van der Waals surface area (Å²) in [5.74, 6) is -0.685. The van der Waals surface area contributed by atoms with Gasteiger partial charge in [0.05, 0.1) is 4.90 Å². The Morgan fingerprint density at radius 2 is 1.65 bits per heavy atom. The van der Waals surface area contributed by atoms with Gasteiger partial charge in [0.15, 0.2) is 0 Å². The predicted molar refractivity (Wildman–Crippen MR) is 61.9 cm³/mol. The molecule has 0 radical (unpaired) electrons. The van der Waals surface area contributed by atoms with Crippen molar-refractivity contribution in [3.8, 4) is 0 Å². The van der Waals surface area contributed by atoms with Crippen LogP contribution in [0.5, 0.6) is 0 Å². The third-order valence-electron chi connectivity index (χ3n) is 1.73. The molecule has 1 atom stereocenters. The maximum Gasteiger partial charge on any atom is 0.294 e. The van der Waals surface area contributed by atoms with Crippen molar-refractivity contribution >= 4 is 16.0 Å². The number of nitrogens with two attached hydrogens (primary N) is 1. The van der Waals surface area contributed by atoms with Crippen molar-refractivity contribution in [1.29, 1.82) is 0 Å². The van der Waals surface area contributed by atoms with Gasteiger partial charge >= 0.3 is 0 Å². The number of hydrogen-bond donors (Lipinski definition) is 3. The highest BCUT2D eigenvalue weighted by molar-refractivity contribution is 7.85. The summed E-state index contributed by atoms with van der Waals surface area (Å²) in [6.07, 6.45) is -1.01. The van der Waals surface area contributed by atoms with Crippen LogP contribution in [0.3, 0.4) is 0 Å². The molecular weight excluding hydrogens is 246 g/mol. The Hall–Kier alpha value is -1.44. The van der Waals surface area contributed by atoms with E-state index in [4.69, 9.17) is 9.66 Å². The first-order valence-electron chi connectivity index (χ1n) is 4.66. The summed E-state index contributed by atoms with van der Waals surface area (Å²) in [5, 5.41) is 8.16. The first-order chi connectivity index (χ1) is 7.64. The number of benzene rings is 1. The molecule has 0 aliphatic rings. The van der Waals surface area contributed by atoms with Crippen molar-refractivity contribution < 1.29 is 22.9 Å². The van der Waals surface area contributed by atoms with Gasteiger partial charge in [0.2, 0.25) is 5.91 Å². The van der Waals surface area contributed by atoms with Gasteiger partial charge in [0.25, 0.3) is 10.1 Å². The van der Waals surface area contributed by atoms with E-state index in [9.17, 15) is 13.2 Å². The van der Waals surface area contributed by atoms with Gasteiger partial charge in [-0.2, -0.15) is 8.42 Å². The second-order valence-electron chi connectivity index (χ2n) is 3.37. The van der Waals surface area contributed by atoms with E-state index in [1.807, 2.05) is 6.92 Å². The van der Waals surface area contributed by atoms with Crippen LogP contribution in [-0.2, 0) is 14.9 Å². The standard InChI is InChI=1S/C7H8O3S.C3H7NO2/c1-6-2-4-7(5-3-6)11(8,9)10;1-2(5)3(4)6/h2-5H,1H3,(H,8,9,10);2,5H,1H3,(H2,4,6). The Morgan fingerprint density at radius 3 is 1.88 bits per heavy atom. The van der Waals surface area contributed by atoms with E-state index in [1.54, 1.807) is 12.1 Å². The lowest BCUT2D eigenvalue weighted by Crippen LogP contribution is -2.24. The van der Waals surface area contributed by atoms with Crippen molar-refractivity contribution in [3.05, 3.63) is 29.8 Å². The molecule has 96 valence electrons. The zero-order valence-electron chi connectivity index (χ0n) is 9.49. The zero-order chi connectivity index (χ0) is 13.6. The topological polar surface area (TPSA) is 118 Å². The van der Waals surface area contributed by atoms with Crippen LogP contribution in [0.25, 0.3) is 0 Å². The molecule has 7 heteroatoms. The molecule has 1 aromatic rings. The number of primary amides is 1. The largest absolute Gasteiger partial charge is 0.384 e. The van der Waals surface area contributed by atoms with Gasteiger partial charge in [-0.25, -0.2) is 0 Å². The zero-order valence-corrected chi connectivity index (χ0v) is 10.3. The van der Waals surface area contributed by atoms with E-state index >= 15 is 0 Å². The smallest absolute Gasteiger partial charge is 0.294 e. The van der Waals surface area contributed by atoms with Gasteiger partial charge in [0.1, 0.15) is 6.10 Å². The maximum atomic E-state index is 10.5. The van der Waals surface area contributed by atoms with Gasteiger partial charge < -0.3 is 10.8 Å². The SMILES string of the molecule is CC(O)C(N)=O.Cc1ccc(S(=O)(=O)O)cc1. The van der Waals surface area contributed by atoms with E-state index in [-0.39, 0.29) is 4.90 Å². The number of carbonyl (C=O) groups is 1. The Balaban J connectivity index is 0.000000366. The van der Waals surface area contributed by atoms with Crippen LogP contribution in [0.1, 0.15) is 12.5 Å². The molecule has 1 unspecified atom stereocenters. The monoisotopic (exact) mass is 261 g/mol. The minimum absolute atomic E-state index is 0.0666. The number of amides is 1. The third kappa shape index (κ3) is 6.67. The molecule has 0 aliphatic carbocycles. The highest BCUT2D eigenvalue weighted by Crippen LogP contribution is 2.08. The van der Waals surface area contributed by atoms with E-state index in [0.29, 0.717) is 0 Å². The average Bonchev–Trinajstić information content (AvgIpc) is 2.17. The molecule has 0 saturated heterocycles. The van der Waals surface area contributed by atoms with Crippen LogP contribution >= 0.6 is 0 Å². The normalized spacial score (nSPS) is 12.2. The lowest BCUT2D eigenvalue weighted by atomic mass is 10.2. The van der Waals surface area contributed by atoms with Crippen LogP contribution in [0.15, 0.2) is 29.2 Å². The third-order valence-corrected chi connectivity index (χ3v) is 2.60. The van der Waals surface area contributed by atoms with E-state index in [1.165, 1.54) is 19.1 Å². The van der Waals surface area contributed by atoms with E-state index in [0.717, 1.165) is 5.56 Å². The molecule has 0 aliphatic heterocycles. The predicted octanol–water partition coefficient (Wildman–Crippen LogP) is 0.0942. The summed E-state index contributed by atoms with van der Waals surface area (Å²) in [7, 11) is -4.02. The Bertz CT molecular complexity index is 464.